The van der Waals surface area contributed by atoms with E-state index in [0.29, 0.717) is 16.8 Å². The van der Waals surface area contributed by atoms with Crippen LogP contribution in [0.4, 0.5) is 10.1 Å². The maximum atomic E-state index is 13.6. The minimum absolute atomic E-state index is 0.0631. The van der Waals surface area contributed by atoms with Crippen molar-refractivity contribution >= 4 is 17.6 Å². The summed E-state index contributed by atoms with van der Waals surface area (Å²) in [7, 11) is 1.24. The molecule has 2 N–H and O–H groups in total. The summed E-state index contributed by atoms with van der Waals surface area (Å²) in [6, 6.07) is 2.81. The molecule has 124 valence electrons. The van der Waals surface area contributed by atoms with Crippen LogP contribution in [0, 0.1) is 19.7 Å². The summed E-state index contributed by atoms with van der Waals surface area (Å²) >= 11 is 0. The topological polar surface area (TPSA) is 78.9 Å². The van der Waals surface area contributed by atoms with E-state index in [1.165, 1.54) is 24.1 Å². The Morgan fingerprint density at radius 2 is 2.09 bits per heavy atom. The number of methoxy groups -OCH3 is 1. The summed E-state index contributed by atoms with van der Waals surface area (Å²) in [6.45, 7) is 3.34. The van der Waals surface area contributed by atoms with E-state index in [1.54, 1.807) is 13.8 Å². The second-order valence-corrected chi connectivity index (χ2v) is 5.27. The van der Waals surface area contributed by atoms with E-state index in [4.69, 9.17) is 9.84 Å². The molecule has 1 aromatic carbocycles. The number of hydrogen-bond donors (Lipinski definition) is 2. The summed E-state index contributed by atoms with van der Waals surface area (Å²) in [5.74, 6) is -1.35. The maximum Gasteiger partial charge on any atom is 0.337 e. The van der Waals surface area contributed by atoms with Crippen molar-refractivity contribution in [3.63, 3.8) is 0 Å². The van der Waals surface area contributed by atoms with Crippen molar-refractivity contribution in [2.75, 3.05) is 32.1 Å². The fourth-order valence-corrected chi connectivity index (χ4v) is 2.41. The summed E-state index contributed by atoms with van der Waals surface area (Å²) in [4.78, 5) is 25.6. The Morgan fingerprint density at radius 3 is 2.70 bits per heavy atom. The molecule has 1 amide bonds. The van der Waals surface area contributed by atoms with Crippen LogP contribution in [0.2, 0.25) is 0 Å². The number of β-amino-alcohol motifs (C(OH)–C–C–N with tert-alkyl or cyclic N) is 1. The molecule has 1 aliphatic heterocycles. The number of nitrogens with zero attached hydrogens (tertiary/aromatic N) is 1. The molecule has 2 rings (SSSR count). The third-order valence-corrected chi connectivity index (χ3v) is 3.93. The molecule has 1 aliphatic rings. The lowest BCUT2D eigenvalue weighted by Crippen LogP contribution is -2.31. The number of anilines is 1. The zero-order valence-electron chi connectivity index (χ0n) is 13.3. The van der Waals surface area contributed by atoms with Gasteiger partial charge in [0.2, 0.25) is 0 Å². The van der Waals surface area contributed by atoms with Gasteiger partial charge >= 0.3 is 5.97 Å². The zero-order chi connectivity index (χ0) is 17.1. The van der Waals surface area contributed by atoms with E-state index in [-0.39, 0.29) is 36.8 Å². The number of carbonyl (C=O) groups is 2. The number of aliphatic hydroxyl groups is 1. The number of hydrogen-bond acceptors (Lipinski definition) is 5. The normalized spacial score (nSPS) is 14.5. The Bertz CT molecular complexity index is 685. The number of nitrogens with one attached hydrogen (secondary N) is 1. The van der Waals surface area contributed by atoms with Gasteiger partial charge in [0.05, 0.1) is 25.8 Å². The third-order valence-electron chi connectivity index (χ3n) is 3.93. The Balaban J connectivity index is 2.39. The van der Waals surface area contributed by atoms with E-state index >= 15 is 0 Å². The highest BCUT2D eigenvalue weighted by Gasteiger charge is 2.34. The smallest absolute Gasteiger partial charge is 0.337 e. The average molecular weight is 322 g/mol. The molecule has 23 heavy (non-hydrogen) atoms. The molecular weight excluding hydrogens is 303 g/mol. The molecule has 1 aromatic rings. The summed E-state index contributed by atoms with van der Waals surface area (Å²) in [5.41, 5.74) is 1.94. The summed E-state index contributed by atoms with van der Waals surface area (Å²) < 4.78 is 18.3. The number of benzene rings is 1. The van der Waals surface area contributed by atoms with Gasteiger partial charge in [-0.25, -0.2) is 9.18 Å². The first-order valence-electron chi connectivity index (χ1n) is 7.15. The van der Waals surface area contributed by atoms with Crippen LogP contribution in [-0.2, 0) is 14.3 Å². The predicted octanol–water partition coefficient (Wildman–Crippen LogP) is 1.12. The van der Waals surface area contributed by atoms with Crippen LogP contribution < -0.4 is 5.32 Å². The molecule has 1 heterocycles. The van der Waals surface area contributed by atoms with Crippen LogP contribution in [0.5, 0.6) is 0 Å². The highest BCUT2D eigenvalue weighted by Crippen LogP contribution is 2.26. The van der Waals surface area contributed by atoms with Crippen molar-refractivity contribution in [2.45, 2.75) is 13.8 Å². The summed E-state index contributed by atoms with van der Waals surface area (Å²) in [5, 5.41) is 11.9. The van der Waals surface area contributed by atoms with Gasteiger partial charge in [-0.3, -0.25) is 4.79 Å². The molecule has 0 aromatic heterocycles. The lowest BCUT2D eigenvalue weighted by molar-refractivity contribution is -0.136. The van der Waals surface area contributed by atoms with Gasteiger partial charge in [-0.15, -0.1) is 0 Å². The van der Waals surface area contributed by atoms with Gasteiger partial charge in [-0.1, -0.05) is 0 Å². The fourth-order valence-electron chi connectivity index (χ4n) is 2.41. The first kappa shape index (κ1) is 17.0. The first-order valence-corrected chi connectivity index (χ1v) is 7.15. The van der Waals surface area contributed by atoms with Crippen LogP contribution in [0.15, 0.2) is 23.4 Å². The molecule has 0 radical (unpaired) electrons. The molecule has 0 saturated heterocycles. The van der Waals surface area contributed by atoms with Crippen molar-refractivity contribution in [1.82, 2.24) is 4.90 Å². The Labute approximate surface area is 133 Å². The minimum Gasteiger partial charge on any atom is -0.466 e. The number of rotatable bonds is 5. The number of halogens is 1. The molecule has 0 unspecified atom stereocenters. The third kappa shape index (κ3) is 3.19. The molecule has 6 nitrogen and oxygen atoms in total. The molecular formula is C16H19FN2O4. The monoisotopic (exact) mass is 322 g/mol. The van der Waals surface area contributed by atoms with Gasteiger partial charge in [0, 0.05) is 12.2 Å². The van der Waals surface area contributed by atoms with Crippen molar-refractivity contribution in [1.29, 1.82) is 0 Å². The molecule has 0 fully saturated rings. The second kappa shape index (κ2) is 6.78. The average Bonchev–Trinajstić information content (AvgIpc) is 2.84. The number of ether oxygens (including phenoxy) is 1. The predicted molar refractivity (Wildman–Crippen MR) is 82.2 cm³/mol. The van der Waals surface area contributed by atoms with Gasteiger partial charge in [0.25, 0.3) is 5.91 Å². The van der Waals surface area contributed by atoms with Crippen molar-refractivity contribution in [3.8, 4) is 0 Å². The first-order chi connectivity index (χ1) is 10.9. The maximum absolute atomic E-state index is 13.6. The highest BCUT2D eigenvalue weighted by atomic mass is 19.1. The van der Waals surface area contributed by atoms with Gasteiger partial charge < -0.3 is 20.1 Å². The number of amides is 1. The van der Waals surface area contributed by atoms with Gasteiger partial charge in [-0.2, -0.15) is 0 Å². The van der Waals surface area contributed by atoms with E-state index in [9.17, 15) is 14.0 Å². The van der Waals surface area contributed by atoms with Crippen LogP contribution in [-0.4, -0.2) is 48.7 Å². The van der Waals surface area contributed by atoms with E-state index in [0.717, 1.165) is 0 Å². The standard InChI is InChI=1S/C16H19FN2O4/c1-9-10(2)13(5-4-12(9)17)18-14-11(16(22)23-3)8-19(6-7-20)15(14)21/h4-5,18,20H,6-8H2,1-3H3. The van der Waals surface area contributed by atoms with E-state index in [2.05, 4.69) is 5.32 Å². The van der Waals surface area contributed by atoms with Gasteiger partial charge in [-0.05, 0) is 37.1 Å². The van der Waals surface area contributed by atoms with E-state index < -0.39 is 11.9 Å². The molecule has 0 spiro atoms. The van der Waals surface area contributed by atoms with Crippen LogP contribution in [0.25, 0.3) is 0 Å². The molecule has 0 bridgehead atoms. The zero-order valence-corrected chi connectivity index (χ0v) is 13.3. The quantitative estimate of drug-likeness (QED) is 0.794. The number of carbonyl (C=O) groups excluding carboxylic acids is 2. The Morgan fingerprint density at radius 1 is 1.39 bits per heavy atom. The van der Waals surface area contributed by atoms with Crippen molar-refractivity contribution in [2.24, 2.45) is 0 Å². The van der Waals surface area contributed by atoms with Crippen LogP contribution in [0.1, 0.15) is 11.1 Å². The SMILES string of the molecule is COC(=O)C1=C(Nc2ccc(F)c(C)c2C)C(=O)N(CCO)C1. The minimum atomic E-state index is -0.613. The highest BCUT2D eigenvalue weighted by molar-refractivity contribution is 6.08. The lowest BCUT2D eigenvalue weighted by Gasteiger charge is -2.16. The lowest BCUT2D eigenvalue weighted by atomic mass is 10.1. The summed E-state index contributed by atoms with van der Waals surface area (Å²) in [6.07, 6.45) is 0. The van der Waals surface area contributed by atoms with Crippen LogP contribution >= 0.6 is 0 Å². The van der Waals surface area contributed by atoms with Crippen molar-refractivity contribution in [3.05, 3.63) is 40.3 Å². The van der Waals surface area contributed by atoms with Crippen molar-refractivity contribution < 1.29 is 23.8 Å². The number of esters is 1. The fraction of sp³-hybridized carbons (Fsp3) is 0.375. The second-order valence-electron chi connectivity index (χ2n) is 5.27. The van der Waals surface area contributed by atoms with E-state index in [1.807, 2.05) is 0 Å². The number of aliphatic hydroxyl groups excluding tert-OH is 1. The van der Waals surface area contributed by atoms with Gasteiger partial charge in [0.1, 0.15) is 11.5 Å². The molecule has 7 heteroatoms. The van der Waals surface area contributed by atoms with Gasteiger partial charge in [0.15, 0.2) is 0 Å². The Kier molecular flexibility index (Phi) is 5.00. The largest absolute Gasteiger partial charge is 0.466 e. The molecule has 0 atom stereocenters. The molecule has 0 saturated carbocycles. The Hall–Kier alpha value is -2.41. The van der Waals surface area contributed by atoms with Crippen LogP contribution in [0.3, 0.4) is 0 Å². The molecule has 0 aliphatic carbocycles.